The number of anilines is 2. The van der Waals surface area contributed by atoms with Crippen LogP contribution in [0.5, 0.6) is 0 Å². The van der Waals surface area contributed by atoms with E-state index >= 15 is 0 Å². The van der Waals surface area contributed by atoms with E-state index in [0.717, 1.165) is 34.7 Å². The van der Waals surface area contributed by atoms with Crippen LogP contribution >= 0.6 is 23.8 Å². The number of carbonyl (C=O) groups excluding carboxylic acids is 1. The molecule has 0 radical (unpaired) electrons. The number of nitrogens with one attached hydrogen (secondary N) is 3. The number of nitrogens with zero attached hydrogens (tertiary/aromatic N) is 4. The fourth-order valence-corrected chi connectivity index (χ4v) is 5.67. The molecule has 5 rings (SSSR count). The van der Waals surface area contributed by atoms with Crippen molar-refractivity contribution in [1.82, 2.24) is 24.6 Å². The third-order valence-electron chi connectivity index (χ3n) is 5.89. The predicted octanol–water partition coefficient (Wildman–Crippen LogP) is 3.11. The number of hydrogen-bond acceptors (Lipinski definition) is 7. The lowest BCUT2D eigenvalue weighted by molar-refractivity contribution is -0.117. The summed E-state index contributed by atoms with van der Waals surface area (Å²) in [5.41, 5.74) is 2.37. The average Bonchev–Trinajstić information content (AvgIpc) is 3.21. The van der Waals surface area contributed by atoms with E-state index < -0.39 is 15.9 Å². The molecule has 186 valence electrons. The molecular formula is C23H22ClN7O3S2. The fraction of sp³-hybridized carbons (Fsp3) is 0.217. The van der Waals surface area contributed by atoms with Crippen molar-refractivity contribution in [3.8, 4) is 0 Å². The molecule has 1 fully saturated rings. The molecule has 4 aromatic rings. The molecule has 1 amide bonds. The van der Waals surface area contributed by atoms with Crippen LogP contribution in [0.25, 0.3) is 21.9 Å². The van der Waals surface area contributed by atoms with Gasteiger partial charge in [-0.05, 0) is 54.7 Å². The topological polar surface area (TPSA) is 123 Å². The van der Waals surface area contributed by atoms with Crippen molar-refractivity contribution in [2.75, 3.05) is 36.4 Å². The highest BCUT2D eigenvalue weighted by molar-refractivity contribution is 7.90. The van der Waals surface area contributed by atoms with Crippen LogP contribution in [0.1, 0.15) is 6.92 Å². The van der Waals surface area contributed by atoms with Crippen LogP contribution in [-0.2, 0) is 14.8 Å². The minimum Gasteiger partial charge on any atom is -0.352 e. The number of carbonyl (C=O) groups is 1. The van der Waals surface area contributed by atoms with Crippen LogP contribution in [0, 0.1) is 0 Å². The molecule has 10 nitrogen and oxygen atoms in total. The molecule has 13 heteroatoms. The Kier molecular flexibility index (Phi) is 6.41. The lowest BCUT2D eigenvalue weighted by Crippen LogP contribution is -2.50. The number of thiocarbonyl (C=S) groups is 1. The summed E-state index contributed by atoms with van der Waals surface area (Å²) < 4.78 is 26.2. The fourth-order valence-electron chi connectivity index (χ4n) is 4.21. The number of halogens is 1. The lowest BCUT2D eigenvalue weighted by atomic mass is 10.2. The van der Waals surface area contributed by atoms with Crippen molar-refractivity contribution in [3.63, 3.8) is 0 Å². The molecule has 0 bridgehead atoms. The van der Waals surface area contributed by atoms with Gasteiger partial charge in [0.25, 0.3) is 10.0 Å². The van der Waals surface area contributed by atoms with Gasteiger partial charge in [-0.25, -0.2) is 23.1 Å². The third-order valence-corrected chi connectivity index (χ3v) is 7.94. The van der Waals surface area contributed by atoms with Crippen LogP contribution in [0.2, 0.25) is 5.02 Å². The van der Waals surface area contributed by atoms with E-state index in [9.17, 15) is 13.2 Å². The summed E-state index contributed by atoms with van der Waals surface area (Å²) in [6.45, 7) is 3.91. The van der Waals surface area contributed by atoms with Crippen LogP contribution < -0.4 is 14.9 Å². The van der Waals surface area contributed by atoms with E-state index in [0.29, 0.717) is 42.0 Å². The maximum absolute atomic E-state index is 12.1. The number of H-pyrrole nitrogens is 1. The maximum Gasteiger partial charge on any atom is 0.264 e. The van der Waals surface area contributed by atoms with Gasteiger partial charge in [0.1, 0.15) is 17.8 Å². The van der Waals surface area contributed by atoms with Crippen molar-refractivity contribution in [3.05, 3.63) is 53.8 Å². The Balaban J connectivity index is 1.26. The molecule has 3 heterocycles. The van der Waals surface area contributed by atoms with E-state index in [4.69, 9.17) is 23.8 Å². The minimum atomic E-state index is -3.88. The second-order valence-corrected chi connectivity index (χ2v) is 10.8. The van der Waals surface area contributed by atoms with Gasteiger partial charge in [0.05, 0.1) is 10.3 Å². The van der Waals surface area contributed by atoms with Gasteiger partial charge in [0, 0.05) is 54.7 Å². The maximum atomic E-state index is 12.1. The van der Waals surface area contributed by atoms with Gasteiger partial charge in [0.2, 0.25) is 5.91 Å². The van der Waals surface area contributed by atoms with E-state index in [2.05, 4.69) is 30.1 Å². The quantitative estimate of drug-likeness (QED) is 0.333. The molecule has 0 aliphatic carbocycles. The van der Waals surface area contributed by atoms with Crippen molar-refractivity contribution >= 4 is 78.3 Å². The molecule has 2 aromatic heterocycles. The highest BCUT2D eigenvalue weighted by atomic mass is 35.5. The Morgan fingerprint density at radius 2 is 1.81 bits per heavy atom. The monoisotopic (exact) mass is 543 g/mol. The number of benzene rings is 2. The first-order chi connectivity index (χ1) is 17.2. The normalized spacial score (nSPS) is 14.3. The van der Waals surface area contributed by atoms with Crippen LogP contribution in [0.3, 0.4) is 0 Å². The number of sulfonamides is 1. The summed E-state index contributed by atoms with van der Waals surface area (Å²) in [5.74, 6) is 0.205. The zero-order valence-electron chi connectivity index (χ0n) is 19.2. The molecule has 0 saturated carbocycles. The van der Waals surface area contributed by atoms with E-state index in [1.807, 2.05) is 22.9 Å². The van der Waals surface area contributed by atoms with E-state index in [1.54, 1.807) is 18.5 Å². The zero-order chi connectivity index (χ0) is 25.4. The number of aromatic nitrogens is 3. The van der Waals surface area contributed by atoms with Crippen LogP contribution in [0.15, 0.2) is 53.7 Å². The Morgan fingerprint density at radius 3 is 2.50 bits per heavy atom. The highest BCUT2D eigenvalue weighted by Gasteiger charge is 2.23. The zero-order valence-corrected chi connectivity index (χ0v) is 21.5. The summed E-state index contributed by atoms with van der Waals surface area (Å²) in [7, 11) is -3.88. The lowest BCUT2D eigenvalue weighted by Gasteiger charge is -2.37. The SMILES string of the molecule is CC(=O)NS(=O)(=O)c1ccc(NC(=S)N2CCN(c3ncnc4[nH]c5ccc(Cl)cc5c34)CC2)cc1. The third kappa shape index (κ3) is 4.79. The number of aromatic amines is 1. The van der Waals surface area contributed by atoms with Gasteiger partial charge in [-0.2, -0.15) is 0 Å². The molecule has 2 aromatic carbocycles. The summed E-state index contributed by atoms with van der Waals surface area (Å²) in [5, 5.41) is 6.27. The van der Waals surface area contributed by atoms with Crippen LogP contribution in [-0.4, -0.2) is 65.5 Å². The van der Waals surface area contributed by atoms with Crippen molar-refractivity contribution in [1.29, 1.82) is 0 Å². The van der Waals surface area contributed by atoms with Crippen molar-refractivity contribution < 1.29 is 13.2 Å². The van der Waals surface area contributed by atoms with Crippen LogP contribution in [0.4, 0.5) is 11.5 Å². The smallest absolute Gasteiger partial charge is 0.264 e. The largest absolute Gasteiger partial charge is 0.352 e. The summed E-state index contributed by atoms with van der Waals surface area (Å²) in [6.07, 6.45) is 1.56. The number of rotatable bonds is 4. The second kappa shape index (κ2) is 9.52. The van der Waals surface area contributed by atoms with Gasteiger partial charge < -0.3 is 20.1 Å². The van der Waals surface area contributed by atoms with Gasteiger partial charge in [-0.1, -0.05) is 11.6 Å². The molecule has 0 atom stereocenters. The standard InChI is InChI=1S/C23H22ClN7O3S2/c1-14(32)29-36(33,34)17-5-3-16(4-6-17)27-23(35)31-10-8-30(9-11-31)22-20-18-12-15(24)2-7-19(18)28-21(20)25-13-26-22/h2-7,12-13H,8-11H2,1H3,(H,27,35)(H,29,32)(H,25,26,28). The van der Waals surface area contributed by atoms with E-state index in [1.165, 1.54) is 12.1 Å². The van der Waals surface area contributed by atoms with Gasteiger partial charge in [-0.15, -0.1) is 0 Å². The summed E-state index contributed by atoms with van der Waals surface area (Å²) in [6, 6.07) is 11.8. The average molecular weight is 544 g/mol. The Labute approximate surface area is 217 Å². The second-order valence-electron chi connectivity index (χ2n) is 8.33. The van der Waals surface area contributed by atoms with Gasteiger partial charge >= 0.3 is 0 Å². The molecule has 1 aliphatic heterocycles. The van der Waals surface area contributed by atoms with E-state index in [-0.39, 0.29) is 4.90 Å². The number of piperazine rings is 1. The molecule has 1 saturated heterocycles. The minimum absolute atomic E-state index is 0.00230. The van der Waals surface area contributed by atoms with Gasteiger partial charge in [-0.3, -0.25) is 4.79 Å². The molecule has 0 spiro atoms. The van der Waals surface area contributed by atoms with Crippen molar-refractivity contribution in [2.24, 2.45) is 0 Å². The summed E-state index contributed by atoms with van der Waals surface area (Å²) >= 11 is 11.8. The highest BCUT2D eigenvalue weighted by Crippen LogP contribution is 2.33. The molecule has 1 aliphatic rings. The predicted molar refractivity (Wildman–Crippen MR) is 144 cm³/mol. The number of amides is 1. The molecule has 0 unspecified atom stereocenters. The van der Waals surface area contributed by atoms with Crippen molar-refractivity contribution in [2.45, 2.75) is 11.8 Å². The molecule has 3 N–H and O–H groups in total. The number of fused-ring (bicyclic) bond motifs is 3. The Morgan fingerprint density at radius 1 is 1.08 bits per heavy atom. The molecule has 36 heavy (non-hydrogen) atoms. The Hall–Kier alpha value is -3.48. The first-order valence-electron chi connectivity index (χ1n) is 11.1. The first kappa shape index (κ1) is 24.2. The first-order valence-corrected chi connectivity index (χ1v) is 13.3. The number of hydrogen-bond donors (Lipinski definition) is 3. The van der Waals surface area contributed by atoms with Gasteiger partial charge in [0.15, 0.2) is 5.11 Å². The Bertz CT molecular complexity index is 1580. The summed E-state index contributed by atoms with van der Waals surface area (Å²) in [4.78, 5) is 27.7. The molecular weight excluding hydrogens is 522 g/mol.